The Balaban J connectivity index is 1.70. The van der Waals surface area contributed by atoms with Crippen LogP contribution in [0, 0.1) is 0 Å². The zero-order valence-electron chi connectivity index (χ0n) is 10.6. The van der Waals surface area contributed by atoms with E-state index in [0.29, 0.717) is 0 Å². The number of rotatable bonds is 6. The fourth-order valence-electron chi connectivity index (χ4n) is 1.96. The van der Waals surface area contributed by atoms with Gasteiger partial charge in [0.05, 0.1) is 23.1 Å². The summed E-state index contributed by atoms with van der Waals surface area (Å²) in [5.74, 6) is 0. The van der Waals surface area contributed by atoms with Crippen molar-refractivity contribution in [3.8, 4) is 0 Å². The van der Waals surface area contributed by atoms with E-state index in [1.165, 1.54) is 9.75 Å². The summed E-state index contributed by atoms with van der Waals surface area (Å²) in [5, 5.41) is 13.4. The molecular formula is C13H13ClN4S2. The molecule has 3 aromatic rings. The van der Waals surface area contributed by atoms with E-state index >= 15 is 0 Å². The molecule has 4 nitrogen and oxygen atoms in total. The largest absolute Gasteiger partial charge is 0.303 e. The number of nitrogens with one attached hydrogen (secondary N) is 1. The van der Waals surface area contributed by atoms with Gasteiger partial charge in [-0.15, -0.1) is 27.8 Å². The van der Waals surface area contributed by atoms with E-state index in [2.05, 4.69) is 39.2 Å². The van der Waals surface area contributed by atoms with Gasteiger partial charge < -0.3 is 5.32 Å². The average molecular weight is 325 g/mol. The Hall–Kier alpha value is -1.21. The summed E-state index contributed by atoms with van der Waals surface area (Å²) in [6.45, 7) is 1.61. The first-order chi connectivity index (χ1) is 9.83. The second-order valence-corrected chi connectivity index (χ2v) is 6.94. The van der Waals surface area contributed by atoms with E-state index in [1.807, 2.05) is 16.9 Å². The molecule has 0 amide bonds. The summed E-state index contributed by atoms with van der Waals surface area (Å²) in [5.41, 5.74) is 0. The quantitative estimate of drug-likeness (QED) is 0.755. The van der Waals surface area contributed by atoms with Crippen LogP contribution in [0.15, 0.2) is 42.0 Å². The van der Waals surface area contributed by atoms with Crippen LogP contribution in [-0.2, 0) is 6.54 Å². The molecule has 0 spiro atoms. The van der Waals surface area contributed by atoms with Gasteiger partial charge in [0.15, 0.2) is 0 Å². The lowest BCUT2D eigenvalue weighted by molar-refractivity contribution is 0.518. The standard InChI is InChI=1S/C13H13ClN4S2/c14-12-4-3-11(20-12)13(10-2-1-9-19-10)15-5-7-18-8-6-16-17-18/h1-4,6,8-9,13,15H,5,7H2. The molecule has 0 fully saturated rings. The topological polar surface area (TPSA) is 42.7 Å². The van der Waals surface area contributed by atoms with Crippen molar-refractivity contribution in [1.29, 1.82) is 0 Å². The Bertz CT molecular complexity index is 633. The Labute approximate surface area is 130 Å². The van der Waals surface area contributed by atoms with Crippen molar-refractivity contribution in [2.45, 2.75) is 12.6 Å². The summed E-state index contributed by atoms with van der Waals surface area (Å²) < 4.78 is 2.64. The lowest BCUT2D eigenvalue weighted by Crippen LogP contribution is -2.25. The minimum atomic E-state index is 0.191. The van der Waals surface area contributed by atoms with E-state index in [1.54, 1.807) is 28.9 Å². The highest BCUT2D eigenvalue weighted by Crippen LogP contribution is 2.32. The molecule has 7 heteroatoms. The van der Waals surface area contributed by atoms with Crippen molar-refractivity contribution in [3.63, 3.8) is 0 Å². The van der Waals surface area contributed by atoms with Gasteiger partial charge in [0.25, 0.3) is 0 Å². The number of halogens is 1. The normalized spacial score (nSPS) is 12.7. The molecule has 0 bridgehead atoms. The minimum absolute atomic E-state index is 0.191. The van der Waals surface area contributed by atoms with Crippen molar-refractivity contribution in [2.75, 3.05) is 6.54 Å². The summed E-state index contributed by atoms with van der Waals surface area (Å²) in [7, 11) is 0. The fraction of sp³-hybridized carbons (Fsp3) is 0.231. The number of thiophene rings is 2. The maximum absolute atomic E-state index is 6.05. The van der Waals surface area contributed by atoms with Gasteiger partial charge in [-0.1, -0.05) is 22.9 Å². The van der Waals surface area contributed by atoms with Crippen LogP contribution in [0.3, 0.4) is 0 Å². The summed E-state index contributed by atoms with van der Waals surface area (Å²) in [6, 6.07) is 8.43. The molecule has 0 aliphatic rings. The first-order valence-corrected chi connectivity index (χ1v) is 8.26. The predicted molar refractivity (Wildman–Crippen MR) is 83.5 cm³/mol. The predicted octanol–water partition coefficient (Wildman–Crippen LogP) is 3.43. The summed E-state index contributed by atoms with van der Waals surface area (Å²) in [6.07, 6.45) is 3.56. The van der Waals surface area contributed by atoms with Crippen molar-refractivity contribution < 1.29 is 0 Å². The van der Waals surface area contributed by atoms with Crippen molar-refractivity contribution in [1.82, 2.24) is 20.3 Å². The van der Waals surface area contributed by atoms with Gasteiger partial charge in [-0.25, -0.2) is 0 Å². The van der Waals surface area contributed by atoms with Gasteiger partial charge >= 0.3 is 0 Å². The van der Waals surface area contributed by atoms with Crippen molar-refractivity contribution >= 4 is 34.3 Å². The van der Waals surface area contributed by atoms with Crippen LogP contribution in [0.5, 0.6) is 0 Å². The number of hydrogen-bond donors (Lipinski definition) is 1. The highest BCUT2D eigenvalue weighted by Gasteiger charge is 2.16. The first-order valence-electron chi connectivity index (χ1n) is 6.19. The van der Waals surface area contributed by atoms with Crippen LogP contribution < -0.4 is 5.32 Å². The van der Waals surface area contributed by atoms with Crippen LogP contribution in [0.25, 0.3) is 0 Å². The van der Waals surface area contributed by atoms with E-state index in [-0.39, 0.29) is 6.04 Å². The Morgan fingerprint density at radius 1 is 1.30 bits per heavy atom. The molecule has 20 heavy (non-hydrogen) atoms. The maximum atomic E-state index is 6.05. The van der Waals surface area contributed by atoms with Gasteiger partial charge in [-0.3, -0.25) is 4.68 Å². The molecule has 0 aromatic carbocycles. The average Bonchev–Trinajstić information content (AvgIpc) is 3.17. The molecule has 0 saturated carbocycles. The van der Waals surface area contributed by atoms with Crippen LogP contribution in [-0.4, -0.2) is 21.5 Å². The molecule has 1 atom stereocenters. The Morgan fingerprint density at radius 3 is 2.90 bits per heavy atom. The SMILES string of the molecule is Clc1ccc(C(NCCn2ccnn2)c2cccs2)s1. The summed E-state index contributed by atoms with van der Waals surface area (Å²) >= 11 is 9.42. The third kappa shape index (κ3) is 3.27. The van der Waals surface area contributed by atoms with E-state index in [0.717, 1.165) is 17.4 Å². The van der Waals surface area contributed by atoms with E-state index < -0.39 is 0 Å². The smallest absolute Gasteiger partial charge is 0.0931 e. The molecule has 3 rings (SSSR count). The van der Waals surface area contributed by atoms with Gasteiger partial charge in [0.1, 0.15) is 0 Å². The van der Waals surface area contributed by atoms with Gasteiger partial charge in [-0.2, -0.15) is 0 Å². The molecule has 0 aliphatic carbocycles. The lowest BCUT2D eigenvalue weighted by atomic mass is 10.2. The molecule has 1 unspecified atom stereocenters. The molecule has 3 heterocycles. The summed E-state index contributed by atoms with van der Waals surface area (Å²) in [4.78, 5) is 2.53. The van der Waals surface area contributed by atoms with Crippen LogP contribution in [0.1, 0.15) is 15.8 Å². The first kappa shape index (κ1) is 13.8. The van der Waals surface area contributed by atoms with Crippen LogP contribution >= 0.6 is 34.3 Å². The minimum Gasteiger partial charge on any atom is -0.303 e. The molecule has 0 aliphatic heterocycles. The molecule has 3 aromatic heterocycles. The number of hydrogen-bond acceptors (Lipinski definition) is 5. The molecule has 0 saturated heterocycles. The highest BCUT2D eigenvalue weighted by atomic mass is 35.5. The van der Waals surface area contributed by atoms with Gasteiger partial charge in [0, 0.05) is 22.5 Å². The third-order valence-electron chi connectivity index (χ3n) is 2.87. The zero-order chi connectivity index (χ0) is 13.8. The monoisotopic (exact) mass is 324 g/mol. The van der Waals surface area contributed by atoms with Gasteiger partial charge in [0.2, 0.25) is 0 Å². The number of nitrogens with zero attached hydrogens (tertiary/aromatic N) is 3. The van der Waals surface area contributed by atoms with Crippen LogP contribution in [0.4, 0.5) is 0 Å². The van der Waals surface area contributed by atoms with Crippen LogP contribution in [0.2, 0.25) is 4.34 Å². The van der Waals surface area contributed by atoms with E-state index in [9.17, 15) is 0 Å². The molecule has 1 N–H and O–H groups in total. The lowest BCUT2D eigenvalue weighted by Gasteiger charge is -2.16. The highest BCUT2D eigenvalue weighted by molar-refractivity contribution is 7.16. The second kappa shape index (κ2) is 6.49. The maximum Gasteiger partial charge on any atom is 0.0931 e. The molecule has 104 valence electrons. The molecular weight excluding hydrogens is 312 g/mol. The molecule has 0 radical (unpaired) electrons. The van der Waals surface area contributed by atoms with E-state index in [4.69, 9.17) is 11.6 Å². The fourth-order valence-corrected chi connectivity index (χ4v) is 4.00. The van der Waals surface area contributed by atoms with Gasteiger partial charge in [-0.05, 0) is 23.6 Å². The Morgan fingerprint density at radius 2 is 2.25 bits per heavy atom. The second-order valence-electron chi connectivity index (χ2n) is 4.21. The zero-order valence-corrected chi connectivity index (χ0v) is 13.0. The Kier molecular flexibility index (Phi) is 4.47. The van der Waals surface area contributed by atoms with Crippen molar-refractivity contribution in [3.05, 3.63) is 56.1 Å². The third-order valence-corrected chi connectivity index (χ3v) is 5.10. The van der Waals surface area contributed by atoms with Crippen molar-refractivity contribution in [2.24, 2.45) is 0 Å². The number of aromatic nitrogens is 3.